The molecule has 1 amide bonds. The molecule has 0 aliphatic carbocycles. The van der Waals surface area contributed by atoms with Crippen molar-refractivity contribution < 1.29 is 19.1 Å². The Labute approximate surface area is 118 Å². The molecular weight excluding hydrogens is 261 g/mol. The molecular formula is C15H20FNO3. The van der Waals surface area contributed by atoms with Crippen molar-refractivity contribution in [3.8, 4) is 0 Å². The van der Waals surface area contributed by atoms with Gasteiger partial charge in [-0.1, -0.05) is 13.8 Å². The third-order valence-electron chi connectivity index (χ3n) is 3.62. The molecule has 1 aromatic carbocycles. The van der Waals surface area contributed by atoms with Gasteiger partial charge in [0, 0.05) is 5.56 Å². The van der Waals surface area contributed by atoms with Crippen molar-refractivity contribution in [2.45, 2.75) is 39.7 Å². The van der Waals surface area contributed by atoms with E-state index in [1.165, 1.54) is 18.2 Å². The van der Waals surface area contributed by atoms with Crippen LogP contribution in [0.2, 0.25) is 0 Å². The minimum Gasteiger partial charge on any atom is -0.481 e. The molecule has 1 unspecified atom stereocenters. The van der Waals surface area contributed by atoms with E-state index < -0.39 is 17.3 Å². The predicted octanol–water partition coefficient (Wildman–Crippen LogP) is 2.75. The largest absolute Gasteiger partial charge is 0.481 e. The van der Waals surface area contributed by atoms with E-state index >= 15 is 0 Å². The standard InChI is InChI=1S/C15H20FNO3/c1-9(2)15(4,8-13(18)19)17-14(20)12-6-5-11(16)7-10(12)3/h5-7,9H,8H2,1-4H3,(H,17,20)(H,18,19). The van der Waals surface area contributed by atoms with Gasteiger partial charge in [0.1, 0.15) is 5.82 Å². The number of hydrogen-bond acceptors (Lipinski definition) is 2. The Morgan fingerprint density at radius 1 is 1.40 bits per heavy atom. The summed E-state index contributed by atoms with van der Waals surface area (Å²) < 4.78 is 13.0. The molecule has 1 atom stereocenters. The Morgan fingerprint density at radius 3 is 2.45 bits per heavy atom. The molecule has 0 heterocycles. The first kappa shape index (κ1) is 16.1. The summed E-state index contributed by atoms with van der Waals surface area (Å²) in [4.78, 5) is 23.2. The Bertz CT molecular complexity index is 528. The van der Waals surface area contributed by atoms with Gasteiger partial charge in [-0.3, -0.25) is 9.59 Å². The number of carboxylic acid groups (broad SMARTS) is 1. The summed E-state index contributed by atoms with van der Waals surface area (Å²) in [5.41, 5.74) is 0.0107. The lowest BCUT2D eigenvalue weighted by molar-refractivity contribution is -0.138. The SMILES string of the molecule is Cc1cc(F)ccc1C(=O)NC(C)(CC(=O)O)C(C)C. The Hall–Kier alpha value is -1.91. The zero-order valence-corrected chi connectivity index (χ0v) is 12.2. The molecule has 0 saturated carbocycles. The first-order valence-corrected chi connectivity index (χ1v) is 6.46. The van der Waals surface area contributed by atoms with Gasteiger partial charge in [0.2, 0.25) is 0 Å². The summed E-state index contributed by atoms with van der Waals surface area (Å²) in [5, 5.41) is 11.7. The summed E-state index contributed by atoms with van der Waals surface area (Å²) in [6.07, 6.45) is -0.170. The number of nitrogens with one attached hydrogen (secondary N) is 1. The minimum atomic E-state index is -0.975. The van der Waals surface area contributed by atoms with E-state index in [2.05, 4.69) is 5.32 Å². The van der Waals surface area contributed by atoms with Gasteiger partial charge in [-0.15, -0.1) is 0 Å². The van der Waals surface area contributed by atoms with Crippen molar-refractivity contribution in [1.29, 1.82) is 0 Å². The number of aryl methyl sites for hydroxylation is 1. The monoisotopic (exact) mass is 281 g/mol. The highest BCUT2D eigenvalue weighted by atomic mass is 19.1. The molecule has 0 spiro atoms. The van der Waals surface area contributed by atoms with Crippen molar-refractivity contribution in [3.05, 3.63) is 35.1 Å². The smallest absolute Gasteiger partial charge is 0.305 e. The summed E-state index contributed by atoms with van der Waals surface area (Å²) in [7, 11) is 0. The van der Waals surface area contributed by atoms with Crippen molar-refractivity contribution in [2.24, 2.45) is 5.92 Å². The van der Waals surface area contributed by atoms with Crippen molar-refractivity contribution >= 4 is 11.9 Å². The first-order chi connectivity index (χ1) is 9.15. The third kappa shape index (κ3) is 3.79. The molecule has 4 nitrogen and oxygen atoms in total. The summed E-state index contributed by atoms with van der Waals surface area (Å²) >= 11 is 0. The van der Waals surface area contributed by atoms with Crippen LogP contribution in [-0.2, 0) is 4.79 Å². The van der Waals surface area contributed by atoms with Gasteiger partial charge >= 0.3 is 5.97 Å². The van der Waals surface area contributed by atoms with Crippen LogP contribution >= 0.6 is 0 Å². The zero-order valence-electron chi connectivity index (χ0n) is 12.2. The molecule has 5 heteroatoms. The number of carboxylic acids is 1. The van der Waals surface area contributed by atoms with Gasteiger partial charge in [0.05, 0.1) is 12.0 Å². The van der Waals surface area contributed by atoms with Crippen molar-refractivity contribution in [2.75, 3.05) is 0 Å². The minimum absolute atomic E-state index is 0.0525. The highest BCUT2D eigenvalue weighted by Gasteiger charge is 2.33. The quantitative estimate of drug-likeness (QED) is 0.872. The maximum atomic E-state index is 13.0. The van der Waals surface area contributed by atoms with Crippen LogP contribution in [0.5, 0.6) is 0 Å². The Balaban J connectivity index is 2.99. The van der Waals surface area contributed by atoms with Gasteiger partial charge in [0.15, 0.2) is 0 Å². The van der Waals surface area contributed by atoms with Crippen LogP contribution in [-0.4, -0.2) is 22.5 Å². The molecule has 0 aliphatic rings. The van der Waals surface area contributed by atoms with Gasteiger partial charge < -0.3 is 10.4 Å². The van der Waals surface area contributed by atoms with E-state index in [-0.39, 0.29) is 18.2 Å². The molecule has 0 aromatic heterocycles. The van der Waals surface area contributed by atoms with Gasteiger partial charge in [-0.2, -0.15) is 0 Å². The zero-order chi connectivity index (χ0) is 15.5. The van der Waals surface area contributed by atoms with Gasteiger partial charge in [-0.05, 0) is 43.5 Å². The molecule has 0 aliphatic heterocycles. The molecule has 1 rings (SSSR count). The van der Waals surface area contributed by atoms with Crippen LogP contribution in [0.15, 0.2) is 18.2 Å². The maximum absolute atomic E-state index is 13.0. The number of benzene rings is 1. The lowest BCUT2D eigenvalue weighted by Gasteiger charge is -2.33. The molecule has 0 bridgehead atoms. The Morgan fingerprint density at radius 2 is 2.00 bits per heavy atom. The molecule has 0 saturated heterocycles. The lowest BCUT2D eigenvalue weighted by atomic mass is 9.85. The molecule has 0 radical (unpaired) electrons. The normalized spacial score (nSPS) is 13.9. The van der Waals surface area contributed by atoms with E-state index in [1.54, 1.807) is 13.8 Å². The van der Waals surface area contributed by atoms with Crippen LogP contribution in [0.1, 0.15) is 43.1 Å². The number of amides is 1. The second-order valence-corrected chi connectivity index (χ2v) is 5.56. The number of carbonyl (C=O) groups excluding carboxylic acids is 1. The fourth-order valence-electron chi connectivity index (χ4n) is 1.92. The predicted molar refractivity (Wildman–Crippen MR) is 74.1 cm³/mol. The Kier molecular flexibility index (Phi) is 4.87. The topological polar surface area (TPSA) is 66.4 Å². The van der Waals surface area contributed by atoms with E-state index in [9.17, 15) is 14.0 Å². The summed E-state index contributed by atoms with van der Waals surface area (Å²) in [5.74, 6) is -1.82. The first-order valence-electron chi connectivity index (χ1n) is 6.46. The molecule has 1 aromatic rings. The number of halogens is 1. The van der Waals surface area contributed by atoms with Gasteiger partial charge in [0.25, 0.3) is 5.91 Å². The number of aliphatic carboxylic acids is 1. The lowest BCUT2D eigenvalue weighted by Crippen LogP contribution is -2.51. The second-order valence-electron chi connectivity index (χ2n) is 5.56. The number of rotatable bonds is 5. The molecule has 20 heavy (non-hydrogen) atoms. The van der Waals surface area contributed by atoms with Crippen molar-refractivity contribution in [3.63, 3.8) is 0 Å². The maximum Gasteiger partial charge on any atom is 0.305 e. The summed E-state index contributed by atoms with van der Waals surface area (Å²) in [6.45, 7) is 7.03. The van der Waals surface area contributed by atoms with E-state index in [0.717, 1.165) is 0 Å². The van der Waals surface area contributed by atoms with E-state index in [4.69, 9.17) is 5.11 Å². The molecule has 110 valence electrons. The van der Waals surface area contributed by atoms with Crippen LogP contribution in [0, 0.1) is 18.7 Å². The van der Waals surface area contributed by atoms with Crippen LogP contribution < -0.4 is 5.32 Å². The number of carbonyl (C=O) groups is 2. The fourth-order valence-corrected chi connectivity index (χ4v) is 1.92. The highest BCUT2D eigenvalue weighted by Crippen LogP contribution is 2.22. The number of hydrogen-bond donors (Lipinski definition) is 2. The highest BCUT2D eigenvalue weighted by molar-refractivity contribution is 5.96. The molecule has 2 N–H and O–H groups in total. The van der Waals surface area contributed by atoms with Crippen LogP contribution in [0.25, 0.3) is 0 Å². The molecule has 0 fully saturated rings. The average molecular weight is 281 g/mol. The second kappa shape index (κ2) is 6.03. The van der Waals surface area contributed by atoms with E-state index in [0.29, 0.717) is 11.1 Å². The van der Waals surface area contributed by atoms with E-state index in [1.807, 2.05) is 13.8 Å². The average Bonchev–Trinajstić information content (AvgIpc) is 2.26. The van der Waals surface area contributed by atoms with Crippen LogP contribution in [0.3, 0.4) is 0 Å². The third-order valence-corrected chi connectivity index (χ3v) is 3.62. The van der Waals surface area contributed by atoms with Gasteiger partial charge in [-0.25, -0.2) is 4.39 Å². The summed E-state index contributed by atoms with van der Waals surface area (Å²) in [6, 6.07) is 3.90. The van der Waals surface area contributed by atoms with Crippen LogP contribution in [0.4, 0.5) is 4.39 Å². The fraction of sp³-hybridized carbons (Fsp3) is 0.467. The van der Waals surface area contributed by atoms with Crippen molar-refractivity contribution in [1.82, 2.24) is 5.32 Å².